The first-order valence-corrected chi connectivity index (χ1v) is 11.6. The van der Waals surface area contributed by atoms with Crippen LogP contribution in [-0.2, 0) is 14.3 Å². The Bertz CT molecular complexity index is 713. The molecule has 0 amide bonds. The third-order valence-corrected chi connectivity index (χ3v) is 5.77. The lowest BCUT2D eigenvalue weighted by Crippen LogP contribution is -3.00. The predicted octanol–water partition coefficient (Wildman–Crippen LogP) is 2.63. The number of halogens is 1. The van der Waals surface area contributed by atoms with Crippen molar-refractivity contribution in [2.45, 2.75) is 45.6 Å². The van der Waals surface area contributed by atoms with Crippen LogP contribution < -0.4 is 12.4 Å². The van der Waals surface area contributed by atoms with Crippen molar-refractivity contribution in [2.75, 3.05) is 40.4 Å². The molecule has 2 aromatic carbocycles. The van der Waals surface area contributed by atoms with Gasteiger partial charge in [0.15, 0.2) is 6.54 Å². The van der Waals surface area contributed by atoms with Gasteiger partial charge >= 0.3 is 5.97 Å². The zero-order valence-electron chi connectivity index (χ0n) is 20.1. The largest absolute Gasteiger partial charge is 1.00 e. The summed E-state index contributed by atoms with van der Waals surface area (Å²) in [4.78, 5) is 12.4. The number of nitrogens with zero attached hydrogens (tertiary/aromatic N) is 1. The topological polar surface area (TPSA) is 35.5 Å². The molecule has 5 heteroatoms. The van der Waals surface area contributed by atoms with Crippen LogP contribution in [0.5, 0.6) is 0 Å². The zero-order chi connectivity index (χ0) is 22.5. The average Bonchev–Trinajstić information content (AvgIpc) is 2.77. The number of hydrogen-bond donors (Lipinski definition) is 0. The molecule has 1 unspecified atom stereocenters. The number of carbonyl (C=O) groups excluding carboxylic acids is 1. The van der Waals surface area contributed by atoms with E-state index in [1.54, 1.807) is 0 Å². The summed E-state index contributed by atoms with van der Waals surface area (Å²) >= 11 is 0. The van der Waals surface area contributed by atoms with Gasteiger partial charge in [0, 0.05) is 0 Å². The maximum absolute atomic E-state index is 12.4. The smallest absolute Gasteiger partial charge is 0.361 e. The third-order valence-electron chi connectivity index (χ3n) is 5.77. The molecule has 2 rings (SSSR count). The van der Waals surface area contributed by atoms with E-state index < -0.39 is 0 Å². The first kappa shape index (κ1) is 28.2. The van der Waals surface area contributed by atoms with Crippen molar-refractivity contribution in [2.24, 2.45) is 5.92 Å². The molecule has 1 atom stereocenters. The minimum Gasteiger partial charge on any atom is -1.00 e. The number of quaternary nitrogens is 1. The SMILES string of the molecule is CCCCC(CC)COC(=O)C[N+](C)(C)CCOC(c1ccccc1)c1ccccc1.[Cl-]. The Morgan fingerprint density at radius 2 is 1.50 bits per heavy atom. The molecule has 0 aliphatic rings. The predicted molar refractivity (Wildman–Crippen MR) is 127 cm³/mol. The molecule has 4 nitrogen and oxygen atoms in total. The van der Waals surface area contributed by atoms with E-state index in [1.807, 2.05) is 36.4 Å². The summed E-state index contributed by atoms with van der Waals surface area (Å²) in [5, 5.41) is 0. The van der Waals surface area contributed by atoms with Crippen molar-refractivity contribution >= 4 is 5.97 Å². The minimum atomic E-state index is -0.123. The van der Waals surface area contributed by atoms with Gasteiger partial charge < -0.3 is 26.4 Å². The second-order valence-electron chi connectivity index (χ2n) is 8.99. The number of esters is 1. The Morgan fingerprint density at radius 3 is 2.00 bits per heavy atom. The minimum absolute atomic E-state index is 0. The molecule has 0 fully saturated rings. The van der Waals surface area contributed by atoms with E-state index in [4.69, 9.17) is 9.47 Å². The highest BCUT2D eigenvalue weighted by Crippen LogP contribution is 2.25. The summed E-state index contributed by atoms with van der Waals surface area (Å²) in [6, 6.07) is 20.6. The van der Waals surface area contributed by atoms with Crippen LogP contribution in [0.2, 0.25) is 0 Å². The Labute approximate surface area is 200 Å². The van der Waals surface area contributed by atoms with Gasteiger partial charge in [-0.3, -0.25) is 0 Å². The molecular weight excluding hydrogens is 422 g/mol. The average molecular weight is 462 g/mol. The van der Waals surface area contributed by atoms with E-state index in [9.17, 15) is 4.79 Å². The molecule has 0 aliphatic heterocycles. The number of carbonyl (C=O) groups is 1. The Hall–Kier alpha value is -1.88. The fraction of sp³-hybridized carbons (Fsp3) is 0.519. The summed E-state index contributed by atoms with van der Waals surface area (Å²) in [6.07, 6.45) is 4.45. The van der Waals surface area contributed by atoms with Gasteiger partial charge in [0.2, 0.25) is 0 Å². The van der Waals surface area contributed by atoms with E-state index in [-0.39, 0.29) is 24.5 Å². The summed E-state index contributed by atoms with van der Waals surface area (Å²) in [7, 11) is 4.11. The van der Waals surface area contributed by atoms with E-state index in [0.29, 0.717) is 30.2 Å². The van der Waals surface area contributed by atoms with E-state index >= 15 is 0 Å². The highest BCUT2D eigenvalue weighted by Gasteiger charge is 2.23. The molecule has 178 valence electrons. The Kier molecular flexibility index (Phi) is 13.2. The van der Waals surface area contributed by atoms with Gasteiger partial charge in [0.05, 0.1) is 27.3 Å². The van der Waals surface area contributed by atoms with Crippen LogP contribution >= 0.6 is 0 Å². The first-order chi connectivity index (χ1) is 14.9. The first-order valence-electron chi connectivity index (χ1n) is 11.6. The van der Waals surface area contributed by atoms with E-state index in [2.05, 4.69) is 52.2 Å². The molecule has 2 aromatic rings. The van der Waals surface area contributed by atoms with Crippen molar-refractivity contribution in [3.05, 3.63) is 71.8 Å². The maximum Gasteiger partial charge on any atom is 0.361 e. The highest BCUT2D eigenvalue weighted by molar-refractivity contribution is 5.70. The van der Waals surface area contributed by atoms with Crippen LogP contribution in [0.3, 0.4) is 0 Å². The summed E-state index contributed by atoms with van der Waals surface area (Å²) in [5.41, 5.74) is 2.27. The second-order valence-corrected chi connectivity index (χ2v) is 8.99. The van der Waals surface area contributed by atoms with Crippen LogP contribution in [0, 0.1) is 5.92 Å². The standard InChI is InChI=1S/C27H40NO3.ClH/c1-5-7-14-23(6-2)22-31-26(29)21-28(3,4)19-20-30-27(24-15-10-8-11-16-24)25-17-12-9-13-18-25;/h8-13,15-18,23,27H,5-7,14,19-22H2,1-4H3;1H/q+1;/p-1. The van der Waals surface area contributed by atoms with Gasteiger partial charge in [-0.25, -0.2) is 4.79 Å². The fourth-order valence-electron chi connectivity index (χ4n) is 3.64. The quantitative estimate of drug-likeness (QED) is 0.320. The van der Waals surface area contributed by atoms with Crippen LogP contribution in [0.4, 0.5) is 0 Å². The fourth-order valence-corrected chi connectivity index (χ4v) is 3.64. The van der Waals surface area contributed by atoms with Crippen LogP contribution in [0.15, 0.2) is 60.7 Å². The lowest BCUT2D eigenvalue weighted by Gasteiger charge is -2.30. The lowest BCUT2D eigenvalue weighted by molar-refractivity contribution is -0.883. The molecular formula is C27H40ClNO3. The molecule has 0 heterocycles. The molecule has 0 saturated carbocycles. The molecule has 0 spiro atoms. The van der Waals surface area contributed by atoms with Gasteiger partial charge in [-0.05, 0) is 23.5 Å². The second kappa shape index (κ2) is 15.0. The monoisotopic (exact) mass is 461 g/mol. The maximum atomic E-state index is 12.4. The number of ether oxygens (including phenoxy) is 2. The molecule has 0 bridgehead atoms. The molecule has 0 aromatic heterocycles. The van der Waals surface area contributed by atoms with Crippen molar-refractivity contribution in [3.63, 3.8) is 0 Å². The third kappa shape index (κ3) is 10.2. The number of hydrogen-bond acceptors (Lipinski definition) is 3. The normalized spacial score (nSPS) is 12.3. The van der Waals surface area contributed by atoms with Gasteiger partial charge in [0.25, 0.3) is 0 Å². The van der Waals surface area contributed by atoms with E-state index in [0.717, 1.165) is 30.5 Å². The number of unbranched alkanes of at least 4 members (excludes halogenated alkanes) is 1. The van der Waals surface area contributed by atoms with Gasteiger partial charge in [-0.1, -0.05) is 93.8 Å². The van der Waals surface area contributed by atoms with Crippen molar-refractivity contribution in [1.82, 2.24) is 0 Å². The van der Waals surface area contributed by atoms with Crippen molar-refractivity contribution < 1.29 is 31.2 Å². The van der Waals surface area contributed by atoms with Crippen LogP contribution in [0.1, 0.15) is 56.8 Å². The number of benzene rings is 2. The summed E-state index contributed by atoms with van der Waals surface area (Å²) < 4.78 is 12.5. The molecule has 0 aliphatic carbocycles. The molecule has 0 saturated heterocycles. The van der Waals surface area contributed by atoms with Gasteiger partial charge in [0.1, 0.15) is 12.6 Å². The molecule has 0 radical (unpaired) electrons. The zero-order valence-corrected chi connectivity index (χ0v) is 20.9. The Morgan fingerprint density at radius 1 is 0.938 bits per heavy atom. The Balaban J connectivity index is 0.00000512. The van der Waals surface area contributed by atoms with Crippen molar-refractivity contribution in [1.29, 1.82) is 0 Å². The van der Waals surface area contributed by atoms with Crippen LogP contribution in [-0.4, -0.2) is 50.9 Å². The number of rotatable bonds is 14. The molecule has 32 heavy (non-hydrogen) atoms. The van der Waals surface area contributed by atoms with Gasteiger partial charge in [-0.2, -0.15) is 0 Å². The lowest BCUT2D eigenvalue weighted by atomic mass is 10.0. The van der Waals surface area contributed by atoms with Crippen molar-refractivity contribution in [3.8, 4) is 0 Å². The summed E-state index contributed by atoms with van der Waals surface area (Å²) in [5.74, 6) is 0.350. The highest BCUT2D eigenvalue weighted by atomic mass is 35.5. The number of likely N-dealkylation sites (N-methyl/N-ethyl adjacent to an activating group) is 1. The molecule has 0 N–H and O–H groups in total. The summed E-state index contributed by atoms with van der Waals surface area (Å²) in [6.45, 7) is 6.55. The van der Waals surface area contributed by atoms with Crippen LogP contribution in [0.25, 0.3) is 0 Å². The van der Waals surface area contributed by atoms with E-state index in [1.165, 1.54) is 12.8 Å². The van der Waals surface area contributed by atoms with Gasteiger partial charge in [-0.15, -0.1) is 0 Å².